The smallest absolute Gasteiger partial charge is 0.258 e. The lowest BCUT2D eigenvalue weighted by molar-refractivity contribution is 0.0975. The highest BCUT2D eigenvalue weighted by atomic mass is 16.5. The Labute approximate surface area is 159 Å². The molecule has 0 aliphatic carbocycles. The maximum atomic E-state index is 12.6. The lowest BCUT2D eigenvalue weighted by Gasteiger charge is -2.14. The van der Waals surface area contributed by atoms with Gasteiger partial charge in [-0.25, -0.2) is 4.99 Å². The lowest BCUT2D eigenvalue weighted by Crippen LogP contribution is -2.36. The van der Waals surface area contributed by atoms with Crippen molar-refractivity contribution in [3.8, 4) is 5.75 Å². The molecule has 0 unspecified atom stereocenters. The molecule has 1 atom stereocenters. The molecule has 6 nitrogen and oxygen atoms in total. The van der Waals surface area contributed by atoms with E-state index in [2.05, 4.69) is 15.6 Å². The zero-order valence-corrected chi connectivity index (χ0v) is 15.7. The van der Waals surface area contributed by atoms with Gasteiger partial charge in [0.25, 0.3) is 5.91 Å². The van der Waals surface area contributed by atoms with Crippen molar-refractivity contribution in [3.05, 3.63) is 59.7 Å². The molecule has 0 bridgehead atoms. The number of methoxy groups -OCH3 is 1. The summed E-state index contributed by atoms with van der Waals surface area (Å²) in [6, 6.07) is 14.9. The number of anilines is 1. The number of ether oxygens (including phenoxy) is 2. The van der Waals surface area contributed by atoms with Crippen LogP contribution in [0.25, 0.3) is 0 Å². The van der Waals surface area contributed by atoms with Crippen molar-refractivity contribution >= 4 is 17.6 Å². The zero-order chi connectivity index (χ0) is 19.1. The van der Waals surface area contributed by atoms with Crippen molar-refractivity contribution < 1.29 is 14.3 Å². The molecule has 0 aromatic heterocycles. The average Bonchev–Trinajstić information content (AvgIpc) is 3.21. The molecule has 3 rings (SSSR count). The highest BCUT2D eigenvalue weighted by Crippen LogP contribution is 2.14. The molecular formula is C21H25N3O3. The summed E-state index contributed by atoms with van der Waals surface area (Å²) in [6.07, 6.45) is 2.15. The van der Waals surface area contributed by atoms with Gasteiger partial charge in [-0.1, -0.05) is 23.8 Å². The number of aliphatic imine (C=N–C) groups is 1. The van der Waals surface area contributed by atoms with E-state index in [0.717, 1.165) is 25.1 Å². The van der Waals surface area contributed by atoms with Crippen LogP contribution in [0.2, 0.25) is 0 Å². The number of nitrogens with one attached hydrogen (secondary N) is 2. The van der Waals surface area contributed by atoms with Crippen molar-refractivity contribution in [2.24, 2.45) is 4.99 Å². The van der Waals surface area contributed by atoms with Gasteiger partial charge < -0.3 is 14.8 Å². The molecule has 1 heterocycles. The van der Waals surface area contributed by atoms with E-state index >= 15 is 0 Å². The second-order valence-corrected chi connectivity index (χ2v) is 6.50. The van der Waals surface area contributed by atoms with Crippen molar-refractivity contribution in [1.82, 2.24) is 5.32 Å². The largest absolute Gasteiger partial charge is 0.497 e. The fourth-order valence-corrected chi connectivity index (χ4v) is 2.81. The second kappa shape index (κ2) is 9.19. The molecule has 0 radical (unpaired) electrons. The van der Waals surface area contributed by atoms with Gasteiger partial charge in [-0.3, -0.25) is 10.1 Å². The zero-order valence-electron chi connectivity index (χ0n) is 15.7. The third-order valence-electron chi connectivity index (χ3n) is 4.36. The number of guanidine groups is 1. The highest BCUT2D eigenvalue weighted by molar-refractivity contribution is 6.10. The predicted octanol–water partition coefficient (Wildman–Crippen LogP) is 3.38. The first-order chi connectivity index (χ1) is 13.1. The normalized spacial score (nSPS) is 16.8. The van der Waals surface area contributed by atoms with Gasteiger partial charge in [0.1, 0.15) is 5.75 Å². The minimum Gasteiger partial charge on any atom is -0.497 e. The number of rotatable bonds is 5. The molecule has 2 aromatic carbocycles. The van der Waals surface area contributed by atoms with E-state index in [0.29, 0.717) is 23.8 Å². The number of aryl methyl sites for hydroxylation is 1. The molecule has 2 aromatic rings. The number of carbonyl (C=O) groups is 1. The van der Waals surface area contributed by atoms with E-state index in [9.17, 15) is 4.79 Å². The number of hydrogen-bond acceptors (Lipinski definition) is 4. The van der Waals surface area contributed by atoms with Gasteiger partial charge >= 0.3 is 0 Å². The van der Waals surface area contributed by atoms with Crippen LogP contribution in [0.4, 0.5) is 5.69 Å². The van der Waals surface area contributed by atoms with Crippen LogP contribution < -0.4 is 15.4 Å². The lowest BCUT2D eigenvalue weighted by atomic mass is 10.2. The van der Waals surface area contributed by atoms with Crippen LogP contribution in [0.3, 0.4) is 0 Å². The Kier molecular flexibility index (Phi) is 6.44. The van der Waals surface area contributed by atoms with Crippen LogP contribution in [0.5, 0.6) is 5.75 Å². The number of nitrogens with zero attached hydrogens (tertiary/aromatic N) is 1. The van der Waals surface area contributed by atoms with Gasteiger partial charge in [0.05, 0.1) is 19.8 Å². The van der Waals surface area contributed by atoms with Crippen LogP contribution in [-0.4, -0.2) is 38.2 Å². The summed E-state index contributed by atoms with van der Waals surface area (Å²) < 4.78 is 10.8. The SMILES string of the molecule is COc1cccc(C(=O)NC(=NC[C@@H]2CCCO2)Nc2ccc(C)cc2)c1. The molecule has 27 heavy (non-hydrogen) atoms. The third-order valence-corrected chi connectivity index (χ3v) is 4.36. The molecule has 6 heteroatoms. The Morgan fingerprint density at radius 1 is 1.26 bits per heavy atom. The van der Waals surface area contributed by atoms with Gasteiger partial charge in [-0.15, -0.1) is 0 Å². The van der Waals surface area contributed by atoms with E-state index in [4.69, 9.17) is 9.47 Å². The van der Waals surface area contributed by atoms with E-state index < -0.39 is 0 Å². The maximum Gasteiger partial charge on any atom is 0.258 e. The van der Waals surface area contributed by atoms with Crippen molar-refractivity contribution in [2.75, 3.05) is 25.6 Å². The molecule has 0 spiro atoms. The van der Waals surface area contributed by atoms with Crippen molar-refractivity contribution in [3.63, 3.8) is 0 Å². The van der Waals surface area contributed by atoms with Gasteiger partial charge in [-0.2, -0.15) is 0 Å². The summed E-state index contributed by atoms with van der Waals surface area (Å²) in [7, 11) is 1.57. The van der Waals surface area contributed by atoms with E-state index in [-0.39, 0.29) is 12.0 Å². The van der Waals surface area contributed by atoms with Gasteiger partial charge in [0, 0.05) is 17.9 Å². The van der Waals surface area contributed by atoms with E-state index in [1.807, 2.05) is 31.2 Å². The number of carbonyl (C=O) groups excluding carboxylic acids is 1. The first-order valence-electron chi connectivity index (χ1n) is 9.09. The van der Waals surface area contributed by atoms with Crippen molar-refractivity contribution in [2.45, 2.75) is 25.9 Å². The Balaban J connectivity index is 1.74. The fourth-order valence-electron chi connectivity index (χ4n) is 2.81. The Hall–Kier alpha value is -2.86. The fraction of sp³-hybridized carbons (Fsp3) is 0.333. The molecule has 1 amide bonds. The molecule has 1 aliphatic heterocycles. The standard InChI is InChI=1S/C21H25N3O3/c1-15-8-10-17(11-9-15)23-21(22-14-19-7-4-12-27-19)24-20(25)16-5-3-6-18(13-16)26-2/h3,5-6,8-11,13,19H,4,7,12,14H2,1-2H3,(H2,22,23,24,25)/t19-/m0/s1. The summed E-state index contributed by atoms with van der Waals surface area (Å²) >= 11 is 0. The second-order valence-electron chi connectivity index (χ2n) is 6.50. The quantitative estimate of drug-likeness (QED) is 0.628. The summed E-state index contributed by atoms with van der Waals surface area (Å²) in [5, 5.41) is 6.05. The van der Waals surface area contributed by atoms with E-state index in [1.54, 1.807) is 31.4 Å². The van der Waals surface area contributed by atoms with Crippen LogP contribution in [-0.2, 0) is 4.74 Å². The Bertz CT molecular complexity index is 797. The monoisotopic (exact) mass is 367 g/mol. The van der Waals surface area contributed by atoms with Crippen LogP contribution >= 0.6 is 0 Å². The van der Waals surface area contributed by atoms with Crippen molar-refractivity contribution in [1.29, 1.82) is 0 Å². The Morgan fingerprint density at radius 3 is 2.78 bits per heavy atom. The van der Waals surface area contributed by atoms with Crippen LogP contribution in [0, 0.1) is 6.92 Å². The third kappa shape index (κ3) is 5.56. The molecule has 1 fully saturated rings. The maximum absolute atomic E-state index is 12.6. The number of benzene rings is 2. The number of hydrogen-bond donors (Lipinski definition) is 2. The summed E-state index contributed by atoms with van der Waals surface area (Å²) in [5.74, 6) is 0.786. The molecule has 1 saturated heterocycles. The Morgan fingerprint density at radius 2 is 2.07 bits per heavy atom. The summed E-state index contributed by atoms with van der Waals surface area (Å²) in [5.41, 5.74) is 2.53. The van der Waals surface area contributed by atoms with Gasteiger partial charge in [-0.05, 0) is 50.1 Å². The first kappa shape index (κ1) is 18.9. The number of amides is 1. The molecular weight excluding hydrogens is 342 g/mol. The topological polar surface area (TPSA) is 72.0 Å². The van der Waals surface area contributed by atoms with Crippen LogP contribution in [0.1, 0.15) is 28.8 Å². The average molecular weight is 367 g/mol. The molecule has 2 N–H and O–H groups in total. The van der Waals surface area contributed by atoms with Crippen LogP contribution in [0.15, 0.2) is 53.5 Å². The van der Waals surface area contributed by atoms with E-state index in [1.165, 1.54) is 5.56 Å². The minimum absolute atomic E-state index is 0.105. The minimum atomic E-state index is -0.250. The van der Waals surface area contributed by atoms with Gasteiger partial charge in [0.2, 0.25) is 5.96 Å². The molecule has 1 aliphatic rings. The molecule has 0 saturated carbocycles. The molecule has 142 valence electrons. The highest BCUT2D eigenvalue weighted by Gasteiger charge is 2.16. The summed E-state index contributed by atoms with van der Waals surface area (Å²) in [4.78, 5) is 17.2. The predicted molar refractivity (Wildman–Crippen MR) is 107 cm³/mol. The summed E-state index contributed by atoms with van der Waals surface area (Å²) in [6.45, 7) is 3.31. The van der Waals surface area contributed by atoms with Gasteiger partial charge in [0.15, 0.2) is 0 Å². The first-order valence-corrected chi connectivity index (χ1v) is 9.09.